The third-order valence-corrected chi connectivity index (χ3v) is 3.80. The molecular formula is C13H13N5O4. The van der Waals surface area contributed by atoms with Crippen LogP contribution in [0.2, 0.25) is 0 Å². The molecule has 0 aromatic heterocycles. The summed E-state index contributed by atoms with van der Waals surface area (Å²) in [4.78, 5) is 36.0. The van der Waals surface area contributed by atoms with Crippen molar-refractivity contribution in [3.63, 3.8) is 0 Å². The predicted molar refractivity (Wildman–Crippen MR) is 75.1 cm³/mol. The van der Waals surface area contributed by atoms with Gasteiger partial charge in [-0.05, 0) is 5.56 Å². The summed E-state index contributed by atoms with van der Waals surface area (Å²) in [6.45, 7) is 0.128. The highest BCUT2D eigenvalue weighted by Crippen LogP contribution is 2.35. The number of nitro benzene ring substituents is 1. The molecule has 0 fully saturated rings. The highest BCUT2D eigenvalue weighted by Gasteiger charge is 2.42. The molecule has 2 heterocycles. The van der Waals surface area contributed by atoms with E-state index in [0.717, 1.165) is 5.01 Å². The number of nitro groups is 1. The first-order valence-corrected chi connectivity index (χ1v) is 6.48. The van der Waals surface area contributed by atoms with E-state index in [-0.39, 0.29) is 12.2 Å². The van der Waals surface area contributed by atoms with E-state index in [1.165, 1.54) is 23.1 Å². The summed E-state index contributed by atoms with van der Waals surface area (Å²) < 4.78 is 0. The zero-order valence-electron chi connectivity index (χ0n) is 11.6. The lowest BCUT2D eigenvalue weighted by Crippen LogP contribution is -2.45. The summed E-state index contributed by atoms with van der Waals surface area (Å²) in [5.74, 6) is 5.23. The number of rotatable bonds is 2. The lowest BCUT2D eigenvalue weighted by atomic mass is 9.95. The fraction of sp³-hybridized carbons (Fsp3) is 0.231. The number of hydrogen-bond donors (Lipinski definition) is 2. The van der Waals surface area contributed by atoms with Crippen molar-refractivity contribution < 1.29 is 14.5 Å². The van der Waals surface area contributed by atoms with Gasteiger partial charge in [-0.2, -0.15) is 0 Å². The van der Waals surface area contributed by atoms with Crippen molar-refractivity contribution in [2.45, 2.75) is 6.04 Å². The topological polar surface area (TPSA) is 122 Å². The molecule has 114 valence electrons. The van der Waals surface area contributed by atoms with Crippen LogP contribution in [0.15, 0.2) is 35.5 Å². The Balaban J connectivity index is 2.10. The average Bonchev–Trinajstić information content (AvgIpc) is 2.79. The van der Waals surface area contributed by atoms with Crippen molar-refractivity contribution in [2.24, 2.45) is 5.84 Å². The van der Waals surface area contributed by atoms with Crippen molar-refractivity contribution in [1.82, 2.24) is 15.2 Å². The van der Waals surface area contributed by atoms with Gasteiger partial charge in [-0.15, -0.1) is 0 Å². The Kier molecular flexibility index (Phi) is 3.06. The third kappa shape index (κ3) is 1.99. The summed E-state index contributed by atoms with van der Waals surface area (Å²) in [5.41, 5.74) is 1.20. The van der Waals surface area contributed by atoms with E-state index in [1.54, 1.807) is 13.1 Å². The van der Waals surface area contributed by atoms with Gasteiger partial charge in [0.25, 0.3) is 11.6 Å². The Hall–Kier alpha value is -2.94. The van der Waals surface area contributed by atoms with Gasteiger partial charge in [0, 0.05) is 19.2 Å². The van der Waals surface area contributed by atoms with Crippen LogP contribution in [0.4, 0.5) is 10.5 Å². The van der Waals surface area contributed by atoms with Crippen molar-refractivity contribution in [2.75, 3.05) is 13.6 Å². The maximum absolute atomic E-state index is 12.2. The number of nitrogens with zero attached hydrogens (tertiary/aromatic N) is 3. The van der Waals surface area contributed by atoms with Crippen LogP contribution in [-0.2, 0) is 4.79 Å². The monoisotopic (exact) mass is 303 g/mol. The van der Waals surface area contributed by atoms with Crippen molar-refractivity contribution in [1.29, 1.82) is 0 Å². The number of urea groups is 1. The van der Waals surface area contributed by atoms with Crippen LogP contribution in [0.1, 0.15) is 11.6 Å². The molecule has 3 N–H and O–H groups in total. The number of non-ortho nitro benzene ring substituents is 1. The second-order valence-electron chi connectivity index (χ2n) is 5.09. The number of nitrogens with one attached hydrogen (secondary N) is 1. The fourth-order valence-electron chi connectivity index (χ4n) is 2.66. The summed E-state index contributed by atoms with van der Waals surface area (Å²) in [5, 5.41) is 14.6. The highest BCUT2D eigenvalue weighted by molar-refractivity contribution is 6.01. The maximum Gasteiger partial charge on any atom is 0.322 e. The smallest absolute Gasteiger partial charge is 0.322 e. The molecule has 0 aliphatic carbocycles. The number of amides is 3. The molecule has 2 aliphatic rings. The zero-order valence-corrected chi connectivity index (χ0v) is 11.6. The predicted octanol–water partition coefficient (Wildman–Crippen LogP) is 0.261. The number of benzene rings is 1. The highest BCUT2D eigenvalue weighted by atomic mass is 16.6. The van der Waals surface area contributed by atoms with Gasteiger partial charge in [0.15, 0.2) is 0 Å². The van der Waals surface area contributed by atoms with Crippen molar-refractivity contribution in [3.05, 3.63) is 51.2 Å². The van der Waals surface area contributed by atoms with Crippen LogP contribution in [0.3, 0.4) is 0 Å². The molecule has 3 amide bonds. The Morgan fingerprint density at radius 1 is 1.41 bits per heavy atom. The number of carbonyl (C=O) groups is 2. The van der Waals surface area contributed by atoms with Gasteiger partial charge < -0.3 is 5.32 Å². The number of hydrogen-bond acceptors (Lipinski definition) is 5. The van der Waals surface area contributed by atoms with E-state index in [4.69, 9.17) is 5.84 Å². The van der Waals surface area contributed by atoms with Gasteiger partial charge in [0.05, 0.1) is 28.8 Å². The van der Waals surface area contributed by atoms with Gasteiger partial charge in [-0.3, -0.25) is 24.8 Å². The molecule has 0 spiro atoms. The van der Waals surface area contributed by atoms with Crippen molar-refractivity contribution >= 4 is 17.6 Å². The Morgan fingerprint density at radius 3 is 2.82 bits per heavy atom. The minimum atomic E-state index is -0.750. The standard InChI is InChI=1S/C13H13N5O4/c1-16-9-6-17(14)12(19)10(9)11(15-13(16)20)7-3-2-4-8(5-7)18(21)22/h2-5,11H,6,14H2,1H3,(H,15,20)/t11-/m1/s1. The molecule has 0 unspecified atom stereocenters. The lowest BCUT2D eigenvalue weighted by Gasteiger charge is -2.30. The normalized spacial score (nSPS) is 21.1. The summed E-state index contributed by atoms with van der Waals surface area (Å²) in [6, 6.07) is 4.69. The molecule has 2 aliphatic heterocycles. The summed E-state index contributed by atoms with van der Waals surface area (Å²) in [6.07, 6.45) is 0. The number of likely N-dealkylation sites (N-methyl/N-ethyl adjacent to an activating group) is 1. The van der Waals surface area contributed by atoms with Crippen LogP contribution in [0.5, 0.6) is 0 Å². The SMILES string of the molecule is CN1C(=O)N[C@H](c2cccc([N+](=O)[O-])c2)C2=C1CN(N)C2=O. The van der Waals surface area contributed by atoms with Crippen molar-refractivity contribution in [3.8, 4) is 0 Å². The summed E-state index contributed by atoms with van der Waals surface area (Å²) >= 11 is 0. The first-order chi connectivity index (χ1) is 10.4. The maximum atomic E-state index is 12.2. The second kappa shape index (κ2) is 4.81. The molecule has 1 atom stereocenters. The van der Waals surface area contributed by atoms with E-state index < -0.39 is 22.9 Å². The number of nitrogens with two attached hydrogens (primary N) is 1. The Labute approximate surface area is 125 Å². The molecule has 0 radical (unpaired) electrons. The lowest BCUT2D eigenvalue weighted by molar-refractivity contribution is -0.384. The molecule has 0 saturated carbocycles. The molecule has 3 rings (SSSR count). The van der Waals surface area contributed by atoms with E-state index in [1.807, 2.05) is 0 Å². The van der Waals surface area contributed by atoms with E-state index in [0.29, 0.717) is 16.8 Å². The van der Waals surface area contributed by atoms with Gasteiger partial charge in [0.1, 0.15) is 0 Å². The average molecular weight is 303 g/mol. The van der Waals surface area contributed by atoms with Gasteiger partial charge in [0.2, 0.25) is 0 Å². The van der Waals surface area contributed by atoms with Crippen LogP contribution < -0.4 is 11.2 Å². The molecule has 1 aromatic rings. The zero-order chi connectivity index (χ0) is 16.0. The van der Waals surface area contributed by atoms with Crippen LogP contribution in [0.25, 0.3) is 0 Å². The van der Waals surface area contributed by atoms with Gasteiger partial charge >= 0.3 is 6.03 Å². The molecule has 22 heavy (non-hydrogen) atoms. The summed E-state index contributed by atoms with van der Waals surface area (Å²) in [7, 11) is 1.54. The van der Waals surface area contributed by atoms with E-state index in [2.05, 4.69) is 5.32 Å². The first-order valence-electron chi connectivity index (χ1n) is 6.48. The second-order valence-corrected chi connectivity index (χ2v) is 5.09. The number of carbonyl (C=O) groups excluding carboxylic acids is 2. The molecular weight excluding hydrogens is 290 g/mol. The Morgan fingerprint density at radius 2 is 2.14 bits per heavy atom. The third-order valence-electron chi connectivity index (χ3n) is 3.80. The quantitative estimate of drug-likeness (QED) is 0.351. The minimum Gasteiger partial charge on any atom is -0.326 e. The molecule has 0 saturated heterocycles. The van der Waals surface area contributed by atoms with Crippen LogP contribution in [0, 0.1) is 10.1 Å². The van der Waals surface area contributed by atoms with Gasteiger partial charge in [-0.25, -0.2) is 10.6 Å². The van der Waals surface area contributed by atoms with E-state index in [9.17, 15) is 19.7 Å². The molecule has 1 aromatic carbocycles. The van der Waals surface area contributed by atoms with E-state index >= 15 is 0 Å². The number of hydrazine groups is 1. The Bertz CT molecular complexity index is 729. The first kappa shape index (κ1) is 14.0. The van der Waals surface area contributed by atoms with Crippen LogP contribution >= 0.6 is 0 Å². The fourth-order valence-corrected chi connectivity index (χ4v) is 2.66. The largest absolute Gasteiger partial charge is 0.326 e. The molecule has 0 bridgehead atoms. The molecule has 9 heteroatoms. The minimum absolute atomic E-state index is 0.108. The molecule has 9 nitrogen and oxygen atoms in total. The van der Waals surface area contributed by atoms with Gasteiger partial charge in [-0.1, -0.05) is 12.1 Å². The van der Waals surface area contributed by atoms with Crippen LogP contribution in [-0.4, -0.2) is 40.4 Å².